The van der Waals surface area contributed by atoms with E-state index in [-0.39, 0.29) is 6.67 Å². The maximum absolute atomic E-state index is 11.8. The highest BCUT2D eigenvalue weighted by molar-refractivity contribution is 4.68. The highest BCUT2D eigenvalue weighted by atomic mass is 19.1. The molecule has 0 aromatic heterocycles. The van der Waals surface area contributed by atoms with Crippen molar-refractivity contribution in [3.63, 3.8) is 0 Å². The summed E-state index contributed by atoms with van der Waals surface area (Å²) in [6, 6.07) is 0. The van der Waals surface area contributed by atoms with E-state index in [0.717, 1.165) is 19.0 Å². The van der Waals surface area contributed by atoms with Gasteiger partial charge in [0.25, 0.3) is 0 Å². The van der Waals surface area contributed by atoms with Crippen LogP contribution >= 0.6 is 0 Å². The molecule has 0 N–H and O–H groups in total. The number of halogens is 1. The number of hydrogen-bond donors (Lipinski definition) is 0. The van der Waals surface area contributed by atoms with Crippen molar-refractivity contribution in [1.82, 2.24) is 4.90 Å². The molecule has 1 fully saturated rings. The molecule has 0 aliphatic carbocycles. The van der Waals surface area contributed by atoms with E-state index in [0.29, 0.717) is 6.54 Å². The summed E-state index contributed by atoms with van der Waals surface area (Å²) in [6.45, 7) is 12.9. The molecule has 1 saturated heterocycles. The largest absolute Gasteiger partial charge is 0.301 e. The van der Waals surface area contributed by atoms with Crippen LogP contribution in [0.1, 0.15) is 47.5 Å². The molecule has 1 rings (SSSR count). The van der Waals surface area contributed by atoms with Crippen LogP contribution in [0.4, 0.5) is 4.39 Å². The minimum Gasteiger partial charge on any atom is -0.301 e. The smallest absolute Gasteiger partial charge is 0.102 e. The Morgan fingerprint density at radius 3 is 1.86 bits per heavy atom. The third kappa shape index (κ3) is 8.49. The van der Waals surface area contributed by atoms with E-state index in [1.807, 2.05) is 27.7 Å². The maximum atomic E-state index is 11.8. The van der Waals surface area contributed by atoms with Gasteiger partial charge in [-0.2, -0.15) is 0 Å². The number of hydrogen-bond acceptors (Lipinski definition) is 1. The zero-order valence-corrected chi connectivity index (χ0v) is 10.6. The molecule has 0 amide bonds. The topological polar surface area (TPSA) is 3.24 Å². The van der Waals surface area contributed by atoms with Crippen molar-refractivity contribution in [3.8, 4) is 0 Å². The lowest BCUT2D eigenvalue weighted by molar-refractivity contribution is 0.180. The molecule has 0 unspecified atom stereocenters. The van der Waals surface area contributed by atoms with Gasteiger partial charge < -0.3 is 4.90 Å². The van der Waals surface area contributed by atoms with Gasteiger partial charge >= 0.3 is 0 Å². The lowest BCUT2D eigenvalue weighted by Gasteiger charge is -2.29. The van der Waals surface area contributed by atoms with Crippen LogP contribution in [-0.4, -0.2) is 31.2 Å². The highest BCUT2D eigenvalue weighted by Gasteiger charge is 2.14. The van der Waals surface area contributed by atoms with E-state index in [4.69, 9.17) is 0 Å². The lowest BCUT2D eigenvalue weighted by atomic mass is 9.99. The monoisotopic (exact) mass is 205 g/mol. The van der Waals surface area contributed by atoms with Gasteiger partial charge in [-0.05, 0) is 31.8 Å². The Labute approximate surface area is 89.7 Å². The van der Waals surface area contributed by atoms with Gasteiger partial charge in [0.1, 0.15) is 6.67 Å². The summed E-state index contributed by atoms with van der Waals surface area (Å²) in [5, 5.41) is 0. The molecule has 0 aromatic rings. The van der Waals surface area contributed by atoms with Gasteiger partial charge in [0.05, 0.1) is 0 Å². The van der Waals surface area contributed by atoms with Crippen molar-refractivity contribution in [2.45, 2.75) is 47.5 Å². The molecule has 1 nitrogen and oxygen atoms in total. The first-order valence-corrected chi connectivity index (χ1v) is 6.11. The zero-order chi connectivity index (χ0) is 11.4. The fraction of sp³-hybridized carbons (Fsp3) is 1.00. The Morgan fingerprint density at radius 2 is 1.50 bits per heavy atom. The van der Waals surface area contributed by atoms with Crippen LogP contribution in [0.5, 0.6) is 0 Å². The first kappa shape index (κ1) is 16.3. The molecule has 0 spiro atoms. The Kier molecular flexibility index (Phi) is 15.0. The minimum absolute atomic E-state index is 0.186. The molecule has 14 heavy (non-hydrogen) atoms. The molecule has 1 aliphatic rings. The predicted molar refractivity (Wildman–Crippen MR) is 63.5 cm³/mol. The van der Waals surface area contributed by atoms with Crippen molar-refractivity contribution in [1.29, 1.82) is 0 Å². The summed E-state index contributed by atoms with van der Waals surface area (Å²) in [6.07, 6.45) is 2.50. The van der Waals surface area contributed by atoms with E-state index in [2.05, 4.69) is 11.8 Å². The minimum atomic E-state index is -0.186. The van der Waals surface area contributed by atoms with Crippen molar-refractivity contribution in [3.05, 3.63) is 0 Å². The molecule has 0 saturated carbocycles. The Balaban J connectivity index is 0. The first-order valence-electron chi connectivity index (χ1n) is 6.11. The van der Waals surface area contributed by atoms with E-state index in [1.54, 1.807) is 0 Å². The molecule has 88 valence electrons. The van der Waals surface area contributed by atoms with Gasteiger partial charge in [0, 0.05) is 6.54 Å². The van der Waals surface area contributed by atoms with Gasteiger partial charge in [-0.25, -0.2) is 4.39 Å². The average Bonchev–Trinajstić information content (AvgIpc) is 2.28. The predicted octanol–water partition coefficient (Wildman–Crippen LogP) is 3.74. The Morgan fingerprint density at radius 1 is 1.07 bits per heavy atom. The molecule has 0 radical (unpaired) electrons. The SMILES string of the molecule is CC.CC.CC1CCN(CCF)CC1. The number of rotatable bonds is 2. The van der Waals surface area contributed by atoms with Crippen LogP contribution in [0.2, 0.25) is 0 Å². The average molecular weight is 205 g/mol. The van der Waals surface area contributed by atoms with Crippen LogP contribution in [0.25, 0.3) is 0 Å². The summed E-state index contributed by atoms with van der Waals surface area (Å²) in [5.74, 6) is 0.857. The zero-order valence-electron chi connectivity index (χ0n) is 10.6. The first-order chi connectivity index (χ1) is 6.83. The second kappa shape index (κ2) is 12.9. The third-order valence-corrected chi connectivity index (χ3v) is 2.28. The number of nitrogens with zero attached hydrogens (tertiary/aromatic N) is 1. The Bertz CT molecular complexity index is 88.3. The summed E-state index contributed by atoms with van der Waals surface area (Å²) >= 11 is 0. The molecule has 0 atom stereocenters. The molecule has 0 bridgehead atoms. The molecule has 1 heterocycles. The molecular weight excluding hydrogens is 177 g/mol. The van der Waals surface area contributed by atoms with Gasteiger partial charge in [-0.1, -0.05) is 34.6 Å². The quantitative estimate of drug-likeness (QED) is 0.664. The number of alkyl halides is 1. The highest BCUT2D eigenvalue weighted by Crippen LogP contribution is 2.15. The molecule has 1 aliphatic heterocycles. The van der Waals surface area contributed by atoms with E-state index in [1.165, 1.54) is 12.8 Å². The van der Waals surface area contributed by atoms with Gasteiger partial charge in [0.2, 0.25) is 0 Å². The fourth-order valence-electron chi connectivity index (χ4n) is 1.41. The second-order valence-electron chi connectivity index (χ2n) is 3.21. The van der Waals surface area contributed by atoms with Gasteiger partial charge in [-0.15, -0.1) is 0 Å². The van der Waals surface area contributed by atoms with Crippen LogP contribution in [0.3, 0.4) is 0 Å². The van der Waals surface area contributed by atoms with Crippen molar-refractivity contribution in [2.24, 2.45) is 5.92 Å². The van der Waals surface area contributed by atoms with Crippen LogP contribution in [-0.2, 0) is 0 Å². The second-order valence-corrected chi connectivity index (χ2v) is 3.21. The van der Waals surface area contributed by atoms with E-state index in [9.17, 15) is 4.39 Å². The molecule has 2 heteroatoms. The summed E-state index contributed by atoms with van der Waals surface area (Å²) < 4.78 is 11.8. The van der Waals surface area contributed by atoms with Crippen LogP contribution in [0, 0.1) is 5.92 Å². The normalized spacial score (nSPS) is 17.6. The third-order valence-electron chi connectivity index (χ3n) is 2.28. The van der Waals surface area contributed by atoms with Crippen LogP contribution in [0.15, 0.2) is 0 Å². The van der Waals surface area contributed by atoms with E-state index < -0.39 is 0 Å². The maximum Gasteiger partial charge on any atom is 0.102 e. The standard InChI is InChI=1S/C8H16FN.2C2H6/c1-8-2-5-10(6-3-8)7-4-9;2*1-2/h8H,2-7H2,1H3;2*1-2H3. The molecule has 0 aromatic carbocycles. The molecular formula is C12H28FN. The van der Waals surface area contributed by atoms with Crippen LogP contribution < -0.4 is 0 Å². The van der Waals surface area contributed by atoms with Gasteiger partial charge in [-0.3, -0.25) is 0 Å². The van der Waals surface area contributed by atoms with E-state index >= 15 is 0 Å². The summed E-state index contributed by atoms with van der Waals surface area (Å²) in [4.78, 5) is 2.21. The number of likely N-dealkylation sites (tertiary alicyclic amines) is 1. The summed E-state index contributed by atoms with van der Waals surface area (Å²) in [5.41, 5.74) is 0. The van der Waals surface area contributed by atoms with Crippen molar-refractivity contribution in [2.75, 3.05) is 26.3 Å². The fourth-order valence-corrected chi connectivity index (χ4v) is 1.41. The van der Waals surface area contributed by atoms with Gasteiger partial charge in [0.15, 0.2) is 0 Å². The summed E-state index contributed by atoms with van der Waals surface area (Å²) in [7, 11) is 0. The van der Waals surface area contributed by atoms with Crippen molar-refractivity contribution >= 4 is 0 Å². The lowest BCUT2D eigenvalue weighted by Crippen LogP contribution is -2.34. The number of piperidine rings is 1. The van der Waals surface area contributed by atoms with Crippen molar-refractivity contribution < 1.29 is 4.39 Å². The Hall–Kier alpha value is -0.110.